The van der Waals surface area contributed by atoms with Gasteiger partial charge in [0.2, 0.25) is 0 Å². The van der Waals surface area contributed by atoms with Gasteiger partial charge in [-0.25, -0.2) is 0 Å². The van der Waals surface area contributed by atoms with Crippen LogP contribution in [0.3, 0.4) is 0 Å². The first kappa shape index (κ1) is 20.6. The van der Waals surface area contributed by atoms with Crippen molar-refractivity contribution in [3.05, 3.63) is 28.3 Å². The van der Waals surface area contributed by atoms with E-state index in [0.717, 1.165) is 47.4 Å². The number of allylic oxidation sites excluding steroid dienone is 2. The lowest BCUT2D eigenvalue weighted by Crippen LogP contribution is -2.35. The van der Waals surface area contributed by atoms with E-state index in [1.165, 1.54) is 6.21 Å². The van der Waals surface area contributed by atoms with Gasteiger partial charge in [-0.1, -0.05) is 6.42 Å². The van der Waals surface area contributed by atoms with Crippen molar-refractivity contribution >= 4 is 30.3 Å². The Morgan fingerprint density at radius 2 is 1.96 bits per heavy atom. The van der Waals surface area contributed by atoms with E-state index in [9.17, 15) is 4.79 Å². The minimum atomic E-state index is -0.0148. The number of fused-ring (bicyclic) bond motifs is 1. The highest BCUT2D eigenvalue weighted by Gasteiger charge is 2.31. The van der Waals surface area contributed by atoms with Gasteiger partial charge in [-0.3, -0.25) is 4.79 Å². The molecule has 7 heteroatoms. The number of ether oxygens (including phenoxy) is 2. The maximum Gasteiger partial charge on any atom is 0.253 e. The average Bonchev–Trinajstić information content (AvgIpc) is 3.01. The van der Waals surface area contributed by atoms with Crippen molar-refractivity contribution < 1.29 is 14.3 Å². The molecule has 26 heavy (non-hydrogen) atoms. The summed E-state index contributed by atoms with van der Waals surface area (Å²) in [6.45, 7) is 6.21. The monoisotopic (exact) mass is 379 g/mol. The molecule has 1 aromatic heterocycles. The standard InChI is InChI=1S/C18H25N3O3.CH4S/c1-11-14(9-19)24-8-7-23-6-4-3-5-13-10-20-18(22)15-12(2)16(11)21-17(13)15;1-2/h9,13,19,21H,3-8,10H2,1-2H3,(H,20,22);2H,1H3/b14-11-,19-9?;. The largest absolute Gasteiger partial charge is 0.489 e. The van der Waals surface area contributed by atoms with E-state index >= 15 is 0 Å². The lowest BCUT2D eigenvalue weighted by Gasteiger charge is -2.23. The number of carbonyl (C=O) groups excluding carboxylic acids is 1. The molecule has 1 amide bonds. The molecule has 0 saturated heterocycles. The van der Waals surface area contributed by atoms with E-state index in [-0.39, 0.29) is 5.91 Å². The Balaban J connectivity index is 0.00000117. The van der Waals surface area contributed by atoms with Crippen LogP contribution in [0.5, 0.6) is 0 Å². The van der Waals surface area contributed by atoms with Crippen molar-refractivity contribution in [3.8, 4) is 0 Å². The number of aromatic amines is 1. The van der Waals surface area contributed by atoms with Crippen molar-refractivity contribution in [1.29, 1.82) is 5.41 Å². The topological polar surface area (TPSA) is 87.2 Å². The Kier molecular flexibility index (Phi) is 7.78. The normalized spacial score (nSPS) is 23.7. The predicted octanol–water partition coefficient (Wildman–Crippen LogP) is 3.29. The average molecular weight is 380 g/mol. The summed E-state index contributed by atoms with van der Waals surface area (Å²) in [5.41, 5.74) is 4.45. The highest BCUT2D eigenvalue weighted by atomic mass is 32.1. The molecule has 0 spiro atoms. The van der Waals surface area contributed by atoms with Gasteiger partial charge < -0.3 is 25.2 Å². The summed E-state index contributed by atoms with van der Waals surface area (Å²) in [5.74, 6) is 0.790. The fourth-order valence-corrected chi connectivity index (χ4v) is 3.53. The molecule has 0 fully saturated rings. The molecule has 1 atom stereocenters. The number of H-pyrrole nitrogens is 1. The number of nitrogens with one attached hydrogen (secondary N) is 3. The maximum absolute atomic E-state index is 12.3. The van der Waals surface area contributed by atoms with Crippen molar-refractivity contribution in [3.63, 3.8) is 0 Å². The van der Waals surface area contributed by atoms with E-state index in [0.29, 0.717) is 38.0 Å². The highest BCUT2D eigenvalue weighted by molar-refractivity contribution is 7.79. The second kappa shape index (κ2) is 9.83. The van der Waals surface area contributed by atoms with Crippen molar-refractivity contribution in [1.82, 2.24) is 10.3 Å². The molecular formula is C19H29N3O3S. The van der Waals surface area contributed by atoms with Gasteiger partial charge in [-0.05, 0) is 38.5 Å². The summed E-state index contributed by atoms with van der Waals surface area (Å²) in [5, 5.41) is 10.6. The van der Waals surface area contributed by atoms with E-state index in [4.69, 9.17) is 14.9 Å². The third-order valence-corrected chi connectivity index (χ3v) is 4.88. The van der Waals surface area contributed by atoms with Crippen LogP contribution >= 0.6 is 12.6 Å². The summed E-state index contributed by atoms with van der Waals surface area (Å²) in [4.78, 5) is 15.8. The fraction of sp³-hybridized carbons (Fsp3) is 0.579. The second-order valence-corrected chi connectivity index (χ2v) is 6.41. The minimum Gasteiger partial charge on any atom is -0.489 e. The molecule has 0 radical (unpaired) electrons. The third kappa shape index (κ3) is 4.32. The molecular weight excluding hydrogens is 350 g/mol. The molecule has 3 heterocycles. The number of amides is 1. The zero-order valence-electron chi connectivity index (χ0n) is 15.8. The number of hydrogen-bond donors (Lipinski definition) is 4. The highest BCUT2D eigenvalue weighted by Crippen LogP contribution is 2.34. The summed E-state index contributed by atoms with van der Waals surface area (Å²) in [7, 11) is 0. The molecule has 3 rings (SSSR count). The van der Waals surface area contributed by atoms with Gasteiger partial charge in [0.25, 0.3) is 5.91 Å². The van der Waals surface area contributed by atoms with Gasteiger partial charge in [0.05, 0.1) is 18.4 Å². The van der Waals surface area contributed by atoms with Crippen LogP contribution in [-0.2, 0) is 9.47 Å². The molecule has 2 bridgehead atoms. The van der Waals surface area contributed by atoms with Gasteiger partial charge in [0, 0.05) is 36.0 Å². The zero-order chi connectivity index (χ0) is 19.1. The van der Waals surface area contributed by atoms with Gasteiger partial charge in [0.1, 0.15) is 12.4 Å². The summed E-state index contributed by atoms with van der Waals surface area (Å²) in [6.07, 6.45) is 6.00. The Morgan fingerprint density at radius 3 is 2.69 bits per heavy atom. The summed E-state index contributed by atoms with van der Waals surface area (Å²) < 4.78 is 11.3. The SMILES string of the molecule is C/C1=C(\C=N)OCCOCCCCC2CNC(=O)c3c2[nH]c1c3C.CS. The lowest BCUT2D eigenvalue weighted by atomic mass is 9.91. The first-order valence-electron chi connectivity index (χ1n) is 9.01. The van der Waals surface area contributed by atoms with Gasteiger partial charge in [-0.15, -0.1) is 0 Å². The maximum atomic E-state index is 12.3. The van der Waals surface area contributed by atoms with E-state index in [1.807, 2.05) is 13.8 Å². The molecule has 144 valence electrons. The van der Waals surface area contributed by atoms with Crippen LogP contribution in [0, 0.1) is 12.3 Å². The smallest absolute Gasteiger partial charge is 0.253 e. The Morgan fingerprint density at radius 1 is 1.19 bits per heavy atom. The predicted molar refractivity (Wildman–Crippen MR) is 108 cm³/mol. The van der Waals surface area contributed by atoms with Crippen LogP contribution in [0.15, 0.2) is 5.76 Å². The van der Waals surface area contributed by atoms with Gasteiger partial charge in [0.15, 0.2) is 0 Å². The Bertz CT molecular complexity index is 682. The fourth-order valence-electron chi connectivity index (χ4n) is 3.53. The molecule has 3 N–H and O–H groups in total. The molecule has 0 saturated carbocycles. The van der Waals surface area contributed by atoms with Crippen LogP contribution in [0.25, 0.3) is 5.57 Å². The molecule has 0 aliphatic carbocycles. The molecule has 1 unspecified atom stereocenters. The van der Waals surface area contributed by atoms with Gasteiger partial charge in [-0.2, -0.15) is 12.6 Å². The van der Waals surface area contributed by atoms with Crippen molar-refractivity contribution in [2.75, 3.05) is 32.6 Å². The number of rotatable bonds is 1. The minimum absolute atomic E-state index is 0.0148. The van der Waals surface area contributed by atoms with Crippen molar-refractivity contribution in [2.24, 2.45) is 0 Å². The third-order valence-electron chi connectivity index (χ3n) is 4.88. The number of thiol groups is 1. The first-order valence-corrected chi connectivity index (χ1v) is 9.90. The Hall–Kier alpha value is -1.73. The summed E-state index contributed by atoms with van der Waals surface area (Å²) >= 11 is 3.53. The van der Waals surface area contributed by atoms with Crippen molar-refractivity contribution in [2.45, 2.75) is 39.0 Å². The molecule has 6 nitrogen and oxygen atoms in total. The number of carbonyl (C=O) groups is 1. The van der Waals surface area contributed by atoms with Crippen LogP contribution in [-0.4, -0.2) is 49.7 Å². The van der Waals surface area contributed by atoms with E-state index in [2.05, 4.69) is 22.9 Å². The van der Waals surface area contributed by atoms with E-state index in [1.54, 1.807) is 6.26 Å². The van der Waals surface area contributed by atoms with E-state index < -0.39 is 0 Å². The quantitative estimate of drug-likeness (QED) is 0.446. The lowest BCUT2D eigenvalue weighted by molar-refractivity contribution is 0.0784. The van der Waals surface area contributed by atoms with Crippen LogP contribution < -0.4 is 5.32 Å². The first-order chi connectivity index (χ1) is 12.6. The van der Waals surface area contributed by atoms with Crippen LogP contribution in [0.4, 0.5) is 0 Å². The Labute approximate surface area is 160 Å². The van der Waals surface area contributed by atoms with Gasteiger partial charge >= 0.3 is 0 Å². The van der Waals surface area contributed by atoms with Crippen LogP contribution in [0.2, 0.25) is 0 Å². The van der Waals surface area contributed by atoms with Crippen LogP contribution in [0.1, 0.15) is 59.4 Å². The second-order valence-electron chi connectivity index (χ2n) is 6.41. The number of hydrogen-bond acceptors (Lipinski definition) is 5. The number of aromatic nitrogens is 1. The molecule has 2 aliphatic rings. The zero-order valence-corrected chi connectivity index (χ0v) is 16.7. The molecule has 0 aromatic carbocycles. The molecule has 1 aromatic rings. The summed E-state index contributed by atoms with van der Waals surface area (Å²) in [6, 6.07) is 0. The molecule has 2 aliphatic heterocycles.